The molecule has 8 nitrogen and oxygen atoms in total. The van der Waals surface area contributed by atoms with Gasteiger partial charge in [-0.1, -0.05) is 11.6 Å². The zero-order valence-electron chi connectivity index (χ0n) is 24.0. The third kappa shape index (κ3) is 4.46. The molecular weight excluding hydrogens is 643 g/mol. The number of halogens is 6. The highest BCUT2D eigenvalue weighted by atomic mass is 35.5. The first kappa shape index (κ1) is 31.3. The van der Waals surface area contributed by atoms with E-state index >= 15 is 0 Å². The highest BCUT2D eigenvalue weighted by molar-refractivity contribution is 6.58. The molecule has 2 aromatic carbocycles. The second-order valence-electron chi connectivity index (χ2n) is 12.7. The molecule has 2 aliphatic heterocycles. The van der Waals surface area contributed by atoms with Crippen LogP contribution >= 0.6 is 23.2 Å². The lowest BCUT2D eigenvalue weighted by molar-refractivity contribution is -0.274. The van der Waals surface area contributed by atoms with E-state index in [4.69, 9.17) is 23.2 Å². The van der Waals surface area contributed by atoms with Crippen molar-refractivity contribution in [2.24, 2.45) is 17.8 Å². The summed E-state index contributed by atoms with van der Waals surface area (Å²) in [4.78, 5) is 53.0. The van der Waals surface area contributed by atoms with Crippen LogP contribution in [0.15, 0.2) is 54.1 Å². The Bertz CT molecular complexity index is 1690. The number of nitrogens with zero attached hydrogens (tertiary/aromatic N) is 2. The van der Waals surface area contributed by atoms with Crippen molar-refractivity contribution >= 4 is 52.5 Å². The molecule has 14 heteroatoms. The van der Waals surface area contributed by atoms with Crippen LogP contribution in [0.1, 0.15) is 45.1 Å². The van der Waals surface area contributed by atoms with Crippen molar-refractivity contribution in [2.75, 3.05) is 4.90 Å². The fourth-order valence-electron chi connectivity index (χ4n) is 7.37. The zero-order chi connectivity index (χ0) is 33.0. The number of carbonyl (C=O) groups is 4. The summed E-state index contributed by atoms with van der Waals surface area (Å²) < 4.78 is 57.5. The van der Waals surface area contributed by atoms with E-state index in [0.29, 0.717) is 4.90 Å². The minimum Gasteiger partial charge on any atom is -0.508 e. The van der Waals surface area contributed by atoms with Gasteiger partial charge in [-0.15, -0.1) is 36.4 Å². The van der Waals surface area contributed by atoms with Crippen molar-refractivity contribution in [3.05, 3.63) is 65.5 Å². The number of anilines is 1. The molecule has 3 fully saturated rings. The van der Waals surface area contributed by atoms with E-state index in [-0.39, 0.29) is 29.7 Å². The fraction of sp³-hybridized carbons (Fsp3) is 0.419. The second-order valence-corrected chi connectivity index (χ2v) is 13.9. The van der Waals surface area contributed by atoms with Gasteiger partial charge >= 0.3 is 6.36 Å². The standard InChI is InChI=1S/C31H26Cl2F4N2O6/c1-28(2,3)39-24(41)18-10-9-17-20(22(18)25(39)42)13-29(32)26(43)38(15-6-4-14(34)5-7-15)27(44)30(29,33)23(17)19-12-16(8-11-21(19)40)45-31(35,36)37/h4-9,11-12,18,20,22-23,40H,10,13H2,1-3H3. The van der Waals surface area contributed by atoms with E-state index in [1.165, 1.54) is 0 Å². The van der Waals surface area contributed by atoms with Crippen molar-refractivity contribution in [3.8, 4) is 11.5 Å². The number of alkyl halides is 5. The number of allylic oxidation sites excluding steroid dienone is 2. The molecule has 6 unspecified atom stereocenters. The molecule has 6 atom stereocenters. The number of hydrogen-bond donors (Lipinski definition) is 1. The van der Waals surface area contributed by atoms with E-state index in [2.05, 4.69) is 4.74 Å². The monoisotopic (exact) mass is 668 g/mol. The molecule has 2 aliphatic carbocycles. The van der Waals surface area contributed by atoms with E-state index in [9.17, 15) is 41.8 Å². The number of likely N-dealkylation sites (tertiary alicyclic amines) is 1. The van der Waals surface area contributed by atoms with Crippen LogP contribution in [-0.4, -0.2) is 55.3 Å². The van der Waals surface area contributed by atoms with Crippen molar-refractivity contribution in [3.63, 3.8) is 0 Å². The Morgan fingerprint density at radius 3 is 2.18 bits per heavy atom. The van der Waals surface area contributed by atoms with Crippen LogP contribution < -0.4 is 9.64 Å². The third-order valence-corrected chi connectivity index (χ3v) is 10.5. The van der Waals surface area contributed by atoms with E-state index in [0.717, 1.165) is 47.4 Å². The topological polar surface area (TPSA) is 104 Å². The molecule has 2 saturated heterocycles. The van der Waals surface area contributed by atoms with Crippen molar-refractivity contribution in [2.45, 2.75) is 61.2 Å². The summed E-state index contributed by atoms with van der Waals surface area (Å²) in [5, 5.41) is 11.0. The van der Waals surface area contributed by atoms with Gasteiger partial charge in [-0.25, -0.2) is 9.29 Å². The number of phenolic OH excluding ortho intramolecular Hbond substituents is 1. The molecular formula is C31H26Cl2F4N2O6. The summed E-state index contributed by atoms with van der Waals surface area (Å²) >= 11 is 14.4. The van der Waals surface area contributed by atoms with Gasteiger partial charge in [0, 0.05) is 17.0 Å². The largest absolute Gasteiger partial charge is 0.573 e. The van der Waals surface area contributed by atoms with E-state index in [1.807, 2.05) is 0 Å². The van der Waals surface area contributed by atoms with Crippen molar-refractivity contribution < 1.29 is 46.6 Å². The number of imide groups is 2. The van der Waals surface area contributed by atoms with Gasteiger partial charge in [-0.05, 0) is 82.0 Å². The predicted molar refractivity (Wildman–Crippen MR) is 153 cm³/mol. The minimum atomic E-state index is -5.11. The van der Waals surface area contributed by atoms with Crippen molar-refractivity contribution in [1.82, 2.24) is 4.90 Å². The Kier molecular flexibility index (Phi) is 6.92. The maximum Gasteiger partial charge on any atom is 0.573 e. The maximum absolute atomic E-state index is 14.3. The SMILES string of the molecule is CC(C)(C)N1C(=O)C2CC=C3C(CC4(Cl)C(=O)N(c5ccc(F)cc5)C(=O)C4(Cl)C3c3cc(OC(F)(F)F)ccc3O)C2C1=O. The van der Waals surface area contributed by atoms with Crippen LogP contribution in [0.5, 0.6) is 11.5 Å². The first-order valence-corrected chi connectivity index (χ1v) is 14.8. The molecule has 0 aromatic heterocycles. The normalized spacial score (nSPS) is 31.5. The molecule has 6 rings (SSSR count). The maximum atomic E-state index is 14.3. The van der Waals surface area contributed by atoms with E-state index < -0.39 is 86.3 Å². The van der Waals surface area contributed by atoms with Crippen LogP contribution in [0.2, 0.25) is 0 Å². The van der Waals surface area contributed by atoms with Gasteiger partial charge in [0.1, 0.15) is 17.3 Å². The molecule has 4 aliphatic rings. The number of rotatable bonds is 3. The molecule has 2 heterocycles. The van der Waals surface area contributed by atoms with Gasteiger partial charge in [0.05, 0.1) is 17.5 Å². The highest BCUT2D eigenvalue weighted by Gasteiger charge is 2.77. The zero-order valence-corrected chi connectivity index (χ0v) is 25.5. The number of benzene rings is 2. The fourth-order valence-corrected chi connectivity index (χ4v) is 8.29. The predicted octanol–water partition coefficient (Wildman–Crippen LogP) is 5.79. The lowest BCUT2D eigenvalue weighted by Crippen LogP contribution is -2.60. The Morgan fingerprint density at radius 1 is 0.933 bits per heavy atom. The van der Waals surface area contributed by atoms with Crippen LogP contribution in [0, 0.1) is 23.6 Å². The summed E-state index contributed by atoms with van der Waals surface area (Å²) in [6.45, 7) is 5.07. The average Bonchev–Trinajstić information content (AvgIpc) is 3.28. The number of hydrogen-bond acceptors (Lipinski definition) is 6. The molecule has 2 aromatic rings. The molecule has 1 N–H and O–H groups in total. The molecule has 0 spiro atoms. The molecule has 238 valence electrons. The van der Waals surface area contributed by atoms with Crippen LogP contribution in [0.3, 0.4) is 0 Å². The number of ether oxygens (including phenoxy) is 1. The Morgan fingerprint density at radius 2 is 1.58 bits per heavy atom. The first-order chi connectivity index (χ1) is 20.8. The first-order valence-electron chi connectivity index (χ1n) is 14.0. The van der Waals surface area contributed by atoms with Crippen LogP contribution in [0.25, 0.3) is 0 Å². The molecule has 45 heavy (non-hydrogen) atoms. The summed E-state index contributed by atoms with van der Waals surface area (Å²) in [6, 6.07) is 6.99. The molecule has 4 amide bonds. The smallest absolute Gasteiger partial charge is 0.508 e. The summed E-state index contributed by atoms with van der Waals surface area (Å²) in [5.74, 6) is -9.40. The summed E-state index contributed by atoms with van der Waals surface area (Å²) in [7, 11) is 0. The van der Waals surface area contributed by atoms with Gasteiger partial charge in [0.15, 0.2) is 9.75 Å². The van der Waals surface area contributed by atoms with Gasteiger partial charge in [-0.3, -0.25) is 24.1 Å². The van der Waals surface area contributed by atoms with Crippen LogP contribution in [-0.2, 0) is 19.2 Å². The van der Waals surface area contributed by atoms with Gasteiger partial charge in [-0.2, -0.15) is 0 Å². The Balaban J connectivity index is 1.58. The number of amides is 4. The van der Waals surface area contributed by atoms with E-state index in [1.54, 1.807) is 26.8 Å². The van der Waals surface area contributed by atoms with Crippen molar-refractivity contribution in [1.29, 1.82) is 0 Å². The van der Waals surface area contributed by atoms with Gasteiger partial charge < -0.3 is 9.84 Å². The second kappa shape index (κ2) is 9.93. The molecule has 1 saturated carbocycles. The molecule has 0 radical (unpaired) electrons. The quantitative estimate of drug-likeness (QED) is 0.192. The Hall–Kier alpha value is -3.64. The lowest BCUT2D eigenvalue weighted by Gasteiger charge is -2.50. The lowest BCUT2D eigenvalue weighted by atomic mass is 9.56. The number of fused-ring (bicyclic) bond motifs is 4. The third-order valence-electron chi connectivity index (χ3n) is 9.11. The number of aromatic hydroxyl groups is 1. The summed E-state index contributed by atoms with van der Waals surface area (Å²) in [5.41, 5.74) is -1.01. The van der Waals surface area contributed by atoms with Gasteiger partial charge in [0.25, 0.3) is 11.8 Å². The molecule has 0 bridgehead atoms. The number of carbonyl (C=O) groups excluding carboxylic acids is 4. The average molecular weight is 669 g/mol. The number of phenols is 1. The van der Waals surface area contributed by atoms with Crippen LogP contribution in [0.4, 0.5) is 23.2 Å². The minimum absolute atomic E-state index is 0.0235. The Labute approximate surface area is 264 Å². The van der Waals surface area contributed by atoms with Gasteiger partial charge in [0.2, 0.25) is 11.8 Å². The highest BCUT2D eigenvalue weighted by Crippen LogP contribution is 2.66. The summed E-state index contributed by atoms with van der Waals surface area (Å²) in [6.07, 6.45) is -3.89.